The standard InChI is InChI=1S/C35H59NO6/c1-19(2)25(36)28(39)41-23-11-13-35-18-34(35)15-14-31(7)27(33(9)12-10-24(42-33)30(5,6)40)21(38)17-32(31,8)22(34)16-20(37)26(35)29(23,3)4/h19-27,37-38,40H,10-18,36H2,1-9H3/t20-,21-,22-,23-,24-,25-,26-,27-,31+,32-,33+,34-,35+/m0/s1. The smallest absolute Gasteiger partial charge is 0.323 e. The van der Waals surface area contributed by atoms with E-state index >= 15 is 0 Å². The molecule has 240 valence electrons. The molecule has 5 aliphatic carbocycles. The molecule has 0 amide bonds. The van der Waals surface area contributed by atoms with Gasteiger partial charge in [-0.25, -0.2) is 0 Å². The van der Waals surface area contributed by atoms with E-state index in [1.807, 2.05) is 27.7 Å². The van der Waals surface area contributed by atoms with Crippen LogP contribution in [0.25, 0.3) is 0 Å². The Morgan fingerprint density at radius 1 is 0.929 bits per heavy atom. The van der Waals surface area contributed by atoms with Crippen LogP contribution >= 0.6 is 0 Å². The highest BCUT2D eigenvalue weighted by molar-refractivity contribution is 5.76. The molecular formula is C35H59NO6. The molecule has 0 aromatic heterocycles. The maximum atomic E-state index is 12.9. The first-order valence-electron chi connectivity index (χ1n) is 16.9. The zero-order valence-electron chi connectivity index (χ0n) is 27.7. The van der Waals surface area contributed by atoms with Crippen molar-refractivity contribution in [3.8, 4) is 0 Å². The molecule has 7 heteroatoms. The quantitative estimate of drug-likeness (QED) is 0.334. The topological polar surface area (TPSA) is 122 Å². The summed E-state index contributed by atoms with van der Waals surface area (Å²) in [7, 11) is 0. The predicted molar refractivity (Wildman–Crippen MR) is 161 cm³/mol. The van der Waals surface area contributed by atoms with Gasteiger partial charge in [0.05, 0.1) is 29.5 Å². The van der Waals surface area contributed by atoms with Crippen molar-refractivity contribution in [3.63, 3.8) is 0 Å². The van der Waals surface area contributed by atoms with Crippen molar-refractivity contribution in [1.82, 2.24) is 0 Å². The summed E-state index contributed by atoms with van der Waals surface area (Å²) in [5, 5.41) is 34.7. The summed E-state index contributed by atoms with van der Waals surface area (Å²) in [6.45, 7) is 18.9. The van der Waals surface area contributed by atoms with Gasteiger partial charge in [0.15, 0.2) is 0 Å². The molecule has 7 nitrogen and oxygen atoms in total. The lowest BCUT2D eigenvalue weighted by atomic mass is 9.41. The summed E-state index contributed by atoms with van der Waals surface area (Å²) in [5.41, 5.74) is 4.37. The highest BCUT2D eigenvalue weighted by Gasteiger charge is 2.85. The average Bonchev–Trinajstić information content (AvgIpc) is 3.22. The fourth-order valence-corrected chi connectivity index (χ4v) is 12.8. The van der Waals surface area contributed by atoms with Gasteiger partial charge < -0.3 is 30.5 Å². The van der Waals surface area contributed by atoms with Crippen LogP contribution < -0.4 is 5.73 Å². The number of fused-ring (bicyclic) bond motifs is 2. The Morgan fingerprint density at radius 3 is 2.19 bits per heavy atom. The number of carbonyl (C=O) groups excluding carboxylic acids is 1. The third kappa shape index (κ3) is 3.85. The van der Waals surface area contributed by atoms with Crippen LogP contribution in [0.15, 0.2) is 0 Å². The van der Waals surface area contributed by atoms with Crippen molar-refractivity contribution >= 4 is 5.97 Å². The molecule has 1 heterocycles. The lowest BCUT2D eigenvalue weighted by Crippen LogP contribution is -2.62. The van der Waals surface area contributed by atoms with Gasteiger partial charge in [-0.2, -0.15) is 0 Å². The van der Waals surface area contributed by atoms with Crippen molar-refractivity contribution in [2.45, 2.75) is 162 Å². The van der Waals surface area contributed by atoms with E-state index in [-0.39, 0.29) is 63.0 Å². The number of rotatable bonds is 5. The van der Waals surface area contributed by atoms with Gasteiger partial charge in [0.2, 0.25) is 0 Å². The molecule has 0 bridgehead atoms. The van der Waals surface area contributed by atoms with E-state index in [0.717, 1.165) is 57.8 Å². The third-order valence-electron chi connectivity index (χ3n) is 15.0. The second kappa shape index (κ2) is 9.18. The molecule has 5 N–H and O–H groups in total. The second-order valence-corrected chi connectivity index (χ2v) is 18.1. The Bertz CT molecular complexity index is 1120. The van der Waals surface area contributed by atoms with Crippen LogP contribution in [0.3, 0.4) is 0 Å². The average molecular weight is 590 g/mol. The Hall–Kier alpha value is -0.730. The molecule has 6 rings (SSSR count). The number of aliphatic hydroxyl groups excluding tert-OH is 2. The molecule has 13 atom stereocenters. The minimum atomic E-state index is -0.912. The van der Waals surface area contributed by atoms with E-state index in [0.29, 0.717) is 5.92 Å². The monoisotopic (exact) mass is 589 g/mol. The molecule has 5 saturated carbocycles. The van der Waals surface area contributed by atoms with Gasteiger partial charge in [0.1, 0.15) is 12.1 Å². The van der Waals surface area contributed by atoms with Gasteiger partial charge in [0.25, 0.3) is 0 Å². The first kappa shape index (κ1) is 31.3. The van der Waals surface area contributed by atoms with Gasteiger partial charge in [-0.15, -0.1) is 0 Å². The number of aliphatic hydroxyl groups is 3. The molecule has 6 aliphatic rings. The summed E-state index contributed by atoms with van der Waals surface area (Å²) in [4.78, 5) is 12.9. The molecule has 0 aromatic carbocycles. The number of esters is 1. The van der Waals surface area contributed by atoms with Crippen LogP contribution in [-0.2, 0) is 14.3 Å². The lowest BCUT2D eigenvalue weighted by Gasteiger charge is -2.64. The maximum absolute atomic E-state index is 12.9. The number of nitrogens with two attached hydrogens (primary N) is 1. The molecule has 0 aromatic rings. The van der Waals surface area contributed by atoms with Crippen LogP contribution in [0.1, 0.15) is 120 Å². The first-order valence-corrected chi connectivity index (χ1v) is 16.9. The minimum Gasteiger partial charge on any atom is -0.461 e. The number of ether oxygens (including phenoxy) is 2. The van der Waals surface area contributed by atoms with Gasteiger partial charge in [0, 0.05) is 11.3 Å². The van der Waals surface area contributed by atoms with Crippen molar-refractivity contribution in [2.24, 2.45) is 56.5 Å². The summed E-state index contributed by atoms with van der Waals surface area (Å²) in [5.74, 6) is 0.0783. The van der Waals surface area contributed by atoms with E-state index in [9.17, 15) is 20.1 Å². The van der Waals surface area contributed by atoms with Gasteiger partial charge >= 0.3 is 5.97 Å². The van der Waals surface area contributed by atoms with Crippen LogP contribution in [0, 0.1) is 50.7 Å². The van der Waals surface area contributed by atoms with Crippen molar-refractivity contribution in [3.05, 3.63) is 0 Å². The van der Waals surface area contributed by atoms with E-state index in [4.69, 9.17) is 15.2 Å². The van der Waals surface area contributed by atoms with Crippen LogP contribution in [0.5, 0.6) is 0 Å². The number of carbonyl (C=O) groups is 1. The molecule has 0 radical (unpaired) electrons. The van der Waals surface area contributed by atoms with Crippen LogP contribution in [-0.4, -0.2) is 62.9 Å². The minimum absolute atomic E-state index is 0.0129. The number of hydrogen-bond donors (Lipinski definition) is 4. The molecule has 6 fully saturated rings. The maximum Gasteiger partial charge on any atom is 0.323 e. The van der Waals surface area contributed by atoms with Gasteiger partial charge in [-0.3, -0.25) is 4.79 Å². The van der Waals surface area contributed by atoms with Crippen molar-refractivity contribution in [2.75, 3.05) is 0 Å². The highest BCUT2D eigenvalue weighted by atomic mass is 16.5. The summed E-state index contributed by atoms with van der Waals surface area (Å²) in [6.07, 6.45) is 6.74. The number of hydrogen-bond acceptors (Lipinski definition) is 7. The third-order valence-corrected chi connectivity index (χ3v) is 15.0. The van der Waals surface area contributed by atoms with Gasteiger partial charge in [-0.05, 0) is 118 Å². The van der Waals surface area contributed by atoms with E-state index in [2.05, 4.69) is 34.6 Å². The summed E-state index contributed by atoms with van der Waals surface area (Å²) < 4.78 is 12.8. The van der Waals surface area contributed by atoms with E-state index in [1.165, 1.54) is 0 Å². The summed E-state index contributed by atoms with van der Waals surface area (Å²) in [6, 6.07) is -0.633. The van der Waals surface area contributed by atoms with Crippen molar-refractivity contribution in [1.29, 1.82) is 0 Å². The normalized spacial score (nSPS) is 53.5. The molecule has 0 unspecified atom stereocenters. The van der Waals surface area contributed by atoms with Crippen LogP contribution in [0.4, 0.5) is 0 Å². The summed E-state index contributed by atoms with van der Waals surface area (Å²) >= 11 is 0. The Labute approximate surface area is 253 Å². The predicted octanol–water partition coefficient (Wildman–Crippen LogP) is 4.97. The molecule has 1 saturated heterocycles. The molecule has 2 spiro atoms. The highest BCUT2D eigenvalue weighted by Crippen LogP contribution is 2.89. The lowest BCUT2D eigenvalue weighted by molar-refractivity contribution is -0.218. The molecular weight excluding hydrogens is 530 g/mol. The van der Waals surface area contributed by atoms with E-state index in [1.54, 1.807) is 0 Å². The Kier molecular flexibility index (Phi) is 6.83. The first-order chi connectivity index (χ1) is 19.2. The zero-order chi connectivity index (χ0) is 31.1. The molecule has 1 aliphatic heterocycles. The van der Waals surface area contributed by atoms with Crippen molar-refractivity contribution < 1.29 is 29.6 Å². The molecule has 42 heavy (non-hydrogen) atoms. The van der Waals surface area contributed by atoms with Crippen LogP contribution in [0.2, 0.25) is 0 Å². The SMILES string of the molecule is CC(C)[C@H](N)C(=O)O[C@H]1CC[C@]23C[C@]24CC[C@]2(C)[C@@H]([C@@]5(C)CC[C@@H](C(C)(C)O)O5)[C@@H](O)C[C@@]2(C)[C@@H]4C[C@H](O)[C@H]3C1(C)C. The Morgan fingerprint density at radius 2 is 1.60 bits per heavy atom. The zero-order valence-corrected chi connectivity index (χ0v) is 27.7. The largest absolute Gasteiger partial charge is 0.461 e. The van der Waals surface area contributed by atoms with Gasteiger partial charge in [-0.1, -0.05) is 41.5 Å². The Balaban J connectivity index is 1.29. The fraction of sp³-hybridized carbons (Fsp3) is 0.971. The second-order valence-electron chi connectivity index (χ2n) is 18.1. The van der Waals surface area contributed by atoms with E-state index < -0.39 is 29.5 Å². The fourth-order valence-electron chi connectivity index (χ4n) is 12.8.